The zero-order valence-corrected chi connectivity index (χ0v) is 13.7. The fourth-order valence-electron chi connectivity index (χ4n) is 3.54. The molecule has 0 aliphatic carbocycles. The average molecular weight is 290 g/mol. The van der Waals surface area contributed by atoms with Gasteiger partial charge in [0.2, 0.25) is 0 Å². The topological polar surface area (TPSA) is 38.5 Å². The Hall–Kier alpha value is -1.06. The largest absolute Gasteiger partial charge is 0.493 e. The normalized spacial score (nSPS) is 24.8. The van der Waals surface area contributed by atoms with Crippen LogP contribution in [0.15, 0.2) is 24.3 Å². The quantitative estimate of drug-likeness (QED) is 0.872. The number of piperidine rings is 1. The van der Waals surface area contributed by atoms with Gasteiger partial charge in [-0.2, -0.15) is 0 Å². The van der Waals surface area contributed by atoms with Crippen LogP contribution >= 0.6 is 0 Å². The first-order valence-electron chi connectivity index (χ1n) is 8.31. The number of likely N-dealkylation sites (tertiary alicyclic amines) is 1. The van der Waals surface area contributed by atoms with E-state index in [0.717, 1.165) is 43.7 Å². The molecule has 3 heteroatoms. The second kappa shape index (κ2) is 7.81. The van der Waals surface area contributed by atoms with Gasteiger partial charge in [-0.15, -0.1) is 0 Å². The summed E-state index contributed by atoms with van der Waals surface area (Å²) in [5.41, 5.74) is 7.37. The van der Waals surface area contributed by atoms with Crippen molar-refractivity contribution in [3.63, 3.8) is 0 Å². The van der Waals surface area contributed by atoms with Crippen LogP contribution in [0, 0.1) is 11.8 Å². The summed E-state index contributed by atoms with van der Waals surface area (Å²) in [6, 6.07) is 8.65. The summed E-state index contributed by atoms with van der Waals surface area (Å²) in [6.07, 6.45) is 2.35. The highest BCUT2D eigenvalue weighted by Crippen LogP contribution is 2.33. The van der Waals surface area contributed by atoms with Crippen molar-refractivity contribution in [3.8, 4) is 5.75 Å². The van der Waals surface area contributed by atoms with Crippen LogP contribution in [0.25, 0.3) is 0 Å². The van der Waals surface area contributed by atoms with Crippen LogP contribution in [0.4, 0.5) is 0 Å². The summed E-state index contributed by atoms with van der Waals surface area (Å²) in [5, 5.41) is 0. The van der Waals surface area contributed by atoms with Gasteiger partial charge in [0.05, 0.1) is 12.6 Å². The molecule has 21 heavy (non-hydrogen) atoms. The lowest BCUT2D eigenvalue weighted by Gasteiger charge is -2.40. The second-order valence-electron chi connectivity index (χ2n) is 6.54. The number of hydrogen-bond acceptors (Lipinski definition) is 3. The Balaban J connectivity index is 2.20. The Morgan fingerprint density at radius 1 is 1.24 bits per heavy atom. The van der Waals surface area contributed by atoms with Gasteiger partial charge in [-0.3, -0.25) is 4.90 Å². The predicted octanol–water partition coefficient (Wildman–Crippen LogP) is 3.45. The minimum atomic E-state index is 0.267. The van der Waals surface area contributed by atoms with Crippen molar-refractivity contribution < 1.29 is 4.74 Å². The molecule has 0 saturated carbocycles. The van der Waals surface area contributed by atoms with E-state index in [2.05, 4.69) is 43.9 Å². The minimum Gasteiger partial charge on any atom is -0.493 e. The number of benzene rings is 1. The zero-order chi connectivity index (χ0) is 15.2. The van der Waals surface area contributed by atoms with Gasteiger partial charge in [-0.25, -0.2) is 0 Å². The molecule has 1 saturated heterocycles. The summed E-state index contributed by atoms with van der Waals surface area (Å²) in [6.45, 7) is 10.5. The Bertz CT molecular complexity index is 425. The van der Waals surface area contributed by atoms with Crippen LogP contribution in [0.2, 0.25) is 0 Å². The first kappa shape index (κ1) is 16.3. The molecule has 1 aromatic rings. The van der Waals surface area contributed by atoms with Gasteiger partial charge in [-0.1, -0.05) is 39.0 Å². The van der Waals surface area contributed by atoms with E-state index in [4.69, 9.17) is 10.5 Å². The third-order valence-electron chi connectivity index (χ3n) is 4.30. The maximum atomic E-state index is 6.13. The number of nitrogens with zero attached hydrogens (tertiary/aromatic N) is 1. The molecule has 1 heterocycles. The van der Waals surface area contributed by atoms with E-state index in [0.29, 0.717) is 6.54 Å². The van der Waals surface area contributed by atoms with Gasteiger partial charge < -0.3 is 10.5 Å². The summed E-state index contributed by atoms with van der Waals surface area (Å²) in [4.78, 5) is 2.55. The highest BCUT2D eigenvalue weighted by atomic mass is 16.5. The van der Waals surface area contributed by atoms with Gasteiger partial charge in [0.15, 0.2) is 0 Å². The van der Waals surface area contributed by atoms with E-state index < -0.39 is 0 Å². The van der Waals surface area contributed by atoms with E-state index in [-0.39, 0.29) is 6.04 Å². The number of rotatable bonds is 6. The zero-order valence-electron chi connectivity index (χ0n) is 13.7. The van der Waals surface area contributed by atoms with Crippen molar-refractivity contribution >= 4 is 0 Å². The molecule has 1 aliphatic rings. The van der Waals surface area contributed by atoms with Gasteiger partial charge in [0.25, 0.3) is 0 Å². The smallest absolute Gasteiger partial charge is 0.124 e. The Kier molecular flexibility index (Phi) is 6.07. The molecule has 1 aliphatic heterocycles. The molecule has 1 aromatic carbocycles. The Morgan fingerprint density at radius 2 is 1.90 bits per heavy atom. The predicted molar refractivity (Wildman–Crippen MR) is 88.5 cm³/mol. The first-order valence-corrected chi connectivity index (χ1v) is 8.31. The van der Waals surface area contributed by atoms with Crippen molar-refractivity contribution in [1.29, 1.82) is 0 Å². The standard InChI is InChI=1S/C18H30N2O/c1-4-9-21-18-8-6-5-7-16(18)17(11-19)20-12-14(2)10-15(3)13-20/h5-8,14-15,17H,4,9-13,19H2,1-3H3. The lowest BCUT2D eigenvalue weighted by molar-refractivity contribution is 0.0966. The van der Waals surface area contributed by atoms with Crippen molar-refractivity contribution in [2.45, 2.75) is 39.7 Å². The third kappa shape index (κ3) is 4.21. The molecule has 0 spiro atoms. The SMILES string of the molecule is CCCOc1ccccc1C(CN)N1CC(C)CC(C)C1. The number of hydrogen-bond donors (Lipinski definition) is 1. The lowest BCUT2D eigenvalue weighted by Crippen LogP contribution is -2.43. The molecule has 0 aromatic heterocycles. The van der Waals surface area contributed by atoms with Gasteiger partial charge >= 0.3 is 0 Å². The molecule has 3 unspecified atom stereocenters. The van der Waals surface area contributed by atoms with E-state index in [9.17, 15) is 0 Å². The highest BCUT2D eigenvalue weighted by molar-refractivity contribution is 5.36. The molecule has 3 atom stereocenters. The van der Waals surface area contributed by atoms with E-state index in [1.54, 1.807) is 0 Å². The summed E-state index contributed by atoms with van der Waals surface area (Å²) in [7, 11) is 0. The van der Waals surface area contributed by atoms with E-state index >= 15 is 0 Å². The molecule has 118 valence electrons. The summed E-state index contributed by atoms with van der Waals surface area (Å²) < 4.78 is 5.93. The highest BCUT2D eigenvalue weighted by Gasteiger charge is 2.29. The third-order valence-corrected chi connectivity index (χ3v) is 4.30. The lowest BCUT2D eigenvalue weighted by atomic mass is 9.89. The van der Waals surface area contributed by atoms with Crippen LogP contribution in [0.5, 0.6) is 5.75 Å². The number of ether oxygens (including phenoxy) is 1. The van der Waals surface area contributed by atoms with Crippen LogP contribution < -0.4 is 10.5 Å². The number of para-hydroxylation sites is 1. The molecule has 0 bridgehead atoms. The monoisotopic (exact) mass is 290 g/mol. The van der Waals surface area contributed by atoms with Gasteiger partial charge in [0.1, 0.15) is 5.75 Å². The van der Waals surface area contributed by atoms with Crippen LogP contribution in [-0.2, 0) is 0 Å². The molecular weight excluding hydrogens is 260 g/mol. The Labute approximate surface area is 129 Å². The van der Waals surface area contributed by atoms with Crippen molar-refractivity contribution in [2.75, 3.05) is 26.2 Å². The first-order chi connectivity index (χ1) is 10.2. The summed E-state index contributed by atoms with van der Waals surface area (Å²) in [5.74, 6) is 2.48. The van der Waals surface area contributed by atoms with Gasteiger partial charge in [-0.05, 0) is 30.7 Å². The molecule has 3 nitrogen and oxygen atoms in total. The average Bonchev–Trinajstić information content (AvgIpc) is 2.46. The fraction of sp³-hybridized carbons (Fsp3) is 0.667. The van der Waals surface area contributed by atoms with E-state index in [1.807, 2.05) is 6.07 Å². The van der Waals surface area contributed by atoms with Crippen LogP contribution in [-0.4, -0.2) is 31.1 Å². The molecular formula is C18H30N2O. The van der Waals surface area contributed by atoms with Crippen molar-refractivity contribution in [3.05, 3.63) is 29.8 Å². The maximum absolute atomic E-state index is 6.13. The van der Waals surface area contributed by atoms with E-state index in [1.165, 1.54) is 12.0 Å². The van der Waals surface area contributed by atoms with Gasteiger partial charge in [0, 0.05) is 25.2 Å². The summed E-state index contributed by atoms with van der Waals surface area (Å²) >= 11 is 0. The molecule has 0 amide bonds. The Morgan fingerprint density at radius 3 is 2.52 bits per heavy atom. The molecule has 2 rings (SSSR count). The van der Waals surface area contributed by atoms with Crippen molar-refractivity contribution in [2.24, 2.45) is 17.6 Å². The maximum Gasteiger partial charge on any atom is 0.124 e. The van der Waals surface area contributed by atoms with Crippen LogP contribution in [0.3, 0.4) is 0 Å². The molecule has 0 radical (unpaired) electrons. The molecule has 2 N–H and O–H groups in total. The fourth-order valence-corrected chi connectivity index (χ4v) is 3.54. The minimum absolute atomic E-state index is 0.267. The molecule has 1 fully saturated rings. The van der Waals surface area contributed by atoms with Crippen molar-refractivity contribution in [1.82, 2.24) is 4.90 Å². The second-order valence-corrected chi connectivity index (χ2v) is 6.54. The van der Waals surface area contributed by atoms with Crippen LogP contribution in [0.1, 0.15) is 45.2 Å². The number of nitrogens with two attached hydrogens (primary N) is 1.